The van der Waals surface area contributed by atoms with E-state index in [9.17, 15) is 9.59 Å². The minimum atomic E-state index is -0.645. The van der Waals surface area contributed by atoms with Gasteiger partial charge in [-0.2, -0.15) is 0 Å². The molecule has 0 aromatic heterocycles. The van der Waals surface area contributed by atoms with Gasteiger partial charge < -0.3 is 10.6 Å². The highest BCUT2D eigenvalue weighted by atomic mass is 16.2. The van der Waals surface area contributed by atoms with Gasteiger partial charge in [-0.15, -0.1) is 0 Å². The van der Waals surface area contributed by atoms with E-state index in [1.807, 2.05) is 63.2 Å². The average molecular weight is 310 g/mol. The molecule has 2 aromatic rings. The summed E-state index contributed by atoms with van der Waals surface area (Å²) in [4.78, 5) is 23.8. The van der Waals surface area contributed by atoms with Crippen LogP contribution in [0.1, 0.15) is 29.5 Å². The molecule has 2 rings (SSSR count). The van der Waals surface area contributed by atoms with E-state index in [1.165, 1.54) is 0 Å². The molecule has 0 aliphatic rings. The van der Waals surface area contributed by atoms with Crippen molar-refractivity contribution in [3.63, 3.8) is 0 Å². The lowest BCUT2D eigenvalue weighted by molar-refractivity contribution is -0.136. The van der Waals surface area contributed by atoms with Gasteiger partial charge in [0.15, 0.2) is 0 Å². The maximum Gasteiger partial charge on any atom is 0.313 e. The minimum absolute atomic E-state index is 0.148. The number of aryl methyl sites for hydroxylation is 2. The van der Waals surface area contributed by atoms with Crippen molar-refractivity contribution in [3.05, 3.63) is 65.2 Å². The van der Waals surface area contributed by atoms with Crippen LogP contribution in [0.3, 0.4) is 0 Å². The molecule has 2 aromatic carbocycles. The topological polar surface area (TPSA) is 58.2 Å². The maximum absolute atomic E-state index is 11.9. The summed E-state index contributed by atoms with van der Waals surface area (Å²) in [5.41, 5.74) is 3.97. The van der Waals surface area contributed by atoms with E-state index in [-0.39, 0.29) is 5.92 Å². The van der Waals surface area contributed by atoms with Gasteiger partial charge in [-0.25, -0.2) is 0 Å². The number of benzene rings is 2. The molecule has 0 heterocycles. The lowest BCUT2D eigenvalue weighted by atomic mass is 10.0. The van der Waals surface area contributed by atoms with Crippen molar-refractivity contribution in [3.8, 4) is 0 Å². The van der Waals surface area contributed by atoms with Gasteiger partial charge in [0.05, 0.1) is 0 Å². The first-order chi connectivity index (χ1) is 11.0. The Labute approximate surface area is 136 Å². The lowest BCUT2D eigenvalue weighted by Gasteiger charge is -2.13. The van der Waals surface area contributed by atoms with Crippen LogP contribution in [0.4, 0.5) is 5.69 Å². The summed E-state index contributed by atoms with van der Waals surface area (Å²) >= 11 is 0. The summed E-state index contributed by atoms with van der Waals surface area (Å²) in [5.74, 6) is -1.12. The predicted molar refractivity (Wildman–Crippen MR) is 92.4 cm³/mol. The second-order valence-corrected chi connectivity index (χ2v) is 5.77. The fourth-order valence-corrected chi connectivity index (χ4v) is 2.23. The molecule has 2 amide bonds. The molecular weight excluding hydrogens is 288 g/mol. The first kappa shape index (κ1) is 16.7. The Hall–Kier alpha value is -2.62. The Morgan fingerprint density at radius 2 is 1.65 bits per heavy atom. The van der Waals surface area contributed by atoms with Crippen molar-refractivity contribution in [1.82, 2.24) is 5.32 Å². The van der Waals surface area contributed by atoms with E-state index in [0.29, 0.717) is 12.2 Å². The number of amides is 2. The Bertz CT molecular complexity index is 696. The van der Waals surface area contributed by atoms with Gasteiger partial charge in [0, 0.05) is 12.2 Å². The Kier molecular flexibility index (Phi) is 5.52. The summed E-state index contributed by atoms with van der Waals surface area (Å²) < 4.78 is 0. The Morgan fingerprint density at radius 1 is 0.957 bits per heavy atom. The van der Waals surface area contributed by atoms with Crippen LogP contribution in [0.15, 0.2) is 48.5 Å². The number of nitrogens with one attached hydrogen (secondary N) is 2. The minimum Gasteiger partial charge on any atom is -0.347 e. The number of hydrogen-bond acceptors (Lipinski definition) is 2. The zero-order valence-electron chi connectivity index (χ0n) is 13.7. The molecule has 2 N–H and O–H groups in total. The van der Waals surface area contributed by atoms with Crippen molar-refractivity contribution in [2.75, 3.05) is 11.9 Å². The summed E-state index contributed by atoms with van der Waals surface area (Å²) in [6.07, 6.45) is 0. The Balaban J connectivity index is 1.87. The number of carbonyl (C=O) groups excluding carboxylic acids is 2. The van der Waals surface area contributed by atoms with Crippen molar-refractivity contribution in [2.24, 2.45) is 0 Å². The monoisotopic (exact) mass is 310 g/mol. The largest absolute Gasteiger partial charge is 0.347 e. The molecule has 0 aliphatic carbocycles. The Morgan fingerprint density at radius 3 is 2.30 bits per heavy atom. The van der Waals surface area contributed by atoms with Gasteiger partial charge in [-0.05, 0) is 48.6 Å². The van der Waals surface area contributed by atoms with Crippen molar-refractivity contribution in [2.45, 2.75) is 26.7 Å². The van der Waals surface area contributed by atoms with Crippen LogP contribution < -0.4 is 10.6 Å². The van der Waals surface area contributed by atoms with Gasteiger partial charge in [0.25, 0.3) is 0 Å². The van der Waals surface area contributed by atoms with E-state index < -0.39 is 11.8 Å². The third-order valence-corrected chi connectivity index (χ3v) is 3.91. The molecule has 0 unspecified atom stereocenters. The van der Waals surface area contributed by atoms with Crippen LogP contribution in [0.25, 0.3) is 0 Å². The number of anilines is 1. The van der Waals surface area contributed by atoms with E-state index >= 15 is 0 Å². The summed E-state index contributed by atoms with van der Waals surface area (Å²) in [6, 6.07) is 15.4. The fourth-order valence-electron chi connectivity index (χ4n) is 2.23. The fraction of sp³-hybridized carbons (Fsp3) is 0.263. The van der Waals surface area contributed by atoms with Gasteiger partial charge >= 0.3 is 11.8 Å². The van der Waals surface area contributed by atoms with Gasteiger partial charge in [0.2, 0.25) is 0 Å². The normalized spacial score (nSPS) is 11.6. The van der Waals surface area contributed by atoms with E-state index in [4.69, 9.17) is 0 Å². The van der Waals surface area contributed by atoms with E-state index in [0.717, 1.165) is 16.7 Å². The highest BCUT2D eigenvalue weighted by Crippen LogP contribution is 2.14. The lowest BCUT2D eigenvalue weighted by Crippen LogP contribution is -2.37. The highest BCUT2D eigenvalue weighted by molar-refractivity contribution is 6.39. The molecule has 0 fully saturated rings. The van der Waals surface area contributed by atoms with Crippen LogP contribution in [0.2, 0.25) is 0 Å². The van der Waals surface area contributed by atoms with Crippen LogP contribution >= 0.6 is 0 Å². The van der Waals surface area contributed by atoms with Gasteiger partial charge in [-0.3, -0.25) is 9.59 Å². The van der Waals surface area contributed by atoms with Gasteiger partial charge in [0.1, 0.15) is 0 Å². The van der Waals surface area contributed by atoms with Crippen molar-refractivity contribution in [1.29, 1.82) is 0 Å². The zero-order valence-corrected chi connectivity index (χ0v) is 13.7. The quantitative estimate of drug-likeness (QED) is 0.852. The molecule has 0 bridgehead atoms. The second-order valence-electron chi connectivity index (χ2n) is 5.77. The summed E-state index contributed by atoms with van der Waals surface area (Å²) in [7, 11) is 0. The second kappa shape index (κ2) is 7.58. The smallest absolute Gasteiger partial charge is 0.313 e. The molecule has 4 nitrogen and oxygen atoms in total. The first-order valence-electron chi connectivity index (χ1n) is 7.68. The summed E-state index contributed by atoms with van der Waals surface area (Å²) in [5, 5.41) is 5.30. The zero-order chi connectivity index (χ0) is 16.8. The third kappa shape index (κ3) is 4.68. The number of hydrogen-bond donors (Lipinski definition) is 2. The molecule has 0 saturated carbocycles. The van der Waals surface area contributed by atoms with Crippen LogP contribution in [0.5, 0.6) is 0 Å². The maximum atomic E-state index is 11.9. The molecule has 0 saturated heterocycles. The van der Waals surface area contributed by atoms with E-state index in [2.05, 4.69) is 10.6 Å². The van der Waals surface area contributed by atoms with Crippen LogP contribution in [-0.2, 0) is 9.59 Å². The first-order valence-corrected chi connectivity index (χ1v) is 7.68. The SMILES string of the molecule is Cc1ccc(NC(=O)C(=O)NC[C@H](C)c2ccccc2)cc1C. The molecule has 0 aliphatic heterocycles. The highest BCUT2D eigenvalue weighted by Gasteiger charge is 2.15. The molecule has 4 heteroatoms. The number of carbonyl (C=O) groups is 2. The van der Waals surface area contributed by atoms with Gasteiger partial charge in [-0.1, -0.05) is 43.3 Å². The molecular formula is C19H22N2O2. The van der Waals surface area contributed by atoms with E-state index in [1.54, 1.807) is 6.07 Å². The molecule has 1 atom stereocenters. The standard InChI is InChI=1S/C19H22N2O2/c1-13-9-10-17(11-14(13)2)21-19(23)18(22)20-12-15(3)16-7-5-4-6-8-16/h4-11,15H,12H2,1-3H3,(H,20,22)(H,21,23)/t15-/m0/s1. The van der Waals surface area contributed by atoms with Crippen molar-refractivity contribution < 1.29 is 9.59 Å². The predicted octanol–water partition coefficient (Wildman–Crippen LogP) is 3.16. The average Bonchev–Trinajstić information content (AvgIpc) is 2.56. The molecule has 120 valence electrons. The third-order valence-electron chi connectivity index (χ3n) is 3.91. The molecule has 0 spiro atoms. The van der Waals surface area contributed by atoms with Crippen molar-refractivity contribution >= 4 is 17.5 Å². The van der Waals surface area contributed by atoms with Crippen LogP contribution in [-0.4, -0.2) is 18.4 Å². The molecule has 0 radical (unpaired) electrons. The summed E-state index contributed by atoms with van der Waals surface area (Å²) in [6.45, 7) is 6.39. The van der Waals surface area contributed by atoms with Crippen LogP contribution in [0, 0.1) is 13.8 Å². The molecule has 23 heavy (non-hydrogen) atoms. The number of rotatable bonds is 4.